The Labute approximate surface area is 165 Å². The first-order valence-electron chi connectivity index (χ1n) is 10.2. The Kier molecular flexibility index (Phi) is 5.85. The number of aromatic amines is 1. The second-order valence-electron chi connectivity index (χ2n) is 7.46. The van der Waals surface area contributed by atoms with E-state index in [1.807, 2.05) is 18.3 Å². The Bertz CT molecular complexity index is 927. The highest BCUT2D eigenvalue weighted by Crippen LogP contribution is 2.19. The quantitative estimate of drug-likeness (QED) is 0.566. The van der Waals surface area contributed by atoms with E-state index in [0.717, 1.165) is 24.8 Å². The van der Waals surface area contributed by atoms with Gasteiger partial charge < -0.3 is 15.6 Å². The maximum absolute atomic E-state index is 12.6. The number of hydrogen-bond donors (Lipinski definition) is 3. The molecule has 0 saturated heterocycles. The number of carbonyl (C=O) groups excluding carboxylic acids is 1. The lowest BCUT2D eigenvalue weighted by Crippen LogP contribution is -2.35. The average molecular weight is 377 g/mol. The lowest BCUT2D eigenvalue weighted by Gasteiger charge is -2.16. The first-order chi connectivity index (χ1) is 13.8. The van der Waals surface area contributed by atoms with Gasteiger partial charge in [-0.3, -0.25) is 4.79 Å². The standard InChI is InChI=1S/C22H27N5O/c28-21(26-17-7-3-1-2-4-8-17)20-12-14-24-22(27-20)23-13-11-16-15-25-19-10-6-5-9-18(16)19/h5-6,9-10,12,14-15,17,25H,1-4,7-8,11,13H2,(H,26,28)(H,23,24,27). The third kappa shape index (κ3) is 4.50. The molecule has 0 aliphatic heterocycles. The van der Waals surface area contributed by atoms with Crippen LogP contribution in [-0.2, 0) is 6.42 Å². The number of amides is 1. The van der Waals surface area contributed by atoms with Crippen molar-refractivity contribution >= 4 is 22.8 Å². The Hall–Kier alpha value is -2.89. The number of para-hydroxylation sites is 1. The van der Waals surface area contributed by atoms with Gasteiger partial charge >= 0.3 is 0 Å². The van der Waals surface area contributed by atoms with Crippen LogP contribution in [0.15, 0.2) is 42.7 Å². The van der Waals surface area contributed by atoms with Crippen LogP contribution in [-0.4, -0.2) is 33.4 Å². The van der Waals surface area contributed by atoms with Crippen LogP contribution >= 0.6 is 0 Å². The Morgan fingerprint density at radius 2 is 1.93 bits per heavy atom. The molecule has 2 aromatic heterocycles. The highest BCUT2D eigenvalue weighted by molar-refractivity contribution is 5.92. The van der Waals surface area contributed by atoms with Crippen molar-refractivity contribution in [1.29, 1.82) is 0 Å². The van der Waals surface area contributed by atoms with Gasteiger partial charge in [-0.05, 0) is 37.0 Å². The molecule has 0 bridgehead atoms. The minimum Gasteiger partial charge on any atom is -0.361 e. The summed E-state index contributed by atoms with van der Waals surface area (Å²) in [6, 6.07) is 10.2. The minimum atomic E-state index is -0.103. The number of hydrogen-bond acceptors (Lipinski definition) is 4. The van der Waals surface area contributed by atoms with E-state index in [4.69, 9.17) is 0 Å². The number of aromatic nitrogens is 3. The summed E-state index contributed by atoms with van der Waals surface area (Å²) in [5.74, 6) is 0.391. The fourth-order valence-corrected chi connectivity index (χ4v) is 3.90. The van der Waals surface area contributed by atoms with E-state index >= 15 is 0 Å². The topological polar surface area (TPSA) is 82.7 Å². The summed E-state index contributed by atoms with van der Waals surface area (Å²) in [7, 11) is 0. The molecule has 1 aliphatic rings. The van der Waals surface area contributed by atoms with Gasteiger partial charge in [0.2, 0.25) is 5.95 Å². The number of nitrogens with zero attached hydrogens (tertiary/aromatic N) is 2. The Morgan fingerprint density at radius 1 is 1.11 bits per heavy atom. The van der Waals surface area contributed by atoms with Crippen LogP contribution in [0.25, 0.3) is 10.9 Å². The molecule has 28 heavy (non-hydrogen) atoms. The molecule has 0 radical (unpaired) electrons. The van der Waals surface area contributed by atoms with Crippen molar-refractivity contribution in [1.82, 2.24) is 20.3 Å². The fourth-order valence-electron chi connectivity index (χ4n) is 3.90. The van der Waals surface area contributed by atoms with Gasteiger partial charge in [-0.1, -0.05) is 43.9 Å². The molecule has 1 aliphatic carbocycles. The van der Waals surface area contributed by atoms with Gasteiger partial charge in [0, 0.05) is 35.9 Å². The molecular weight excluding hydrogens is 350 g/mol. The van der Waals surface area contributed by atoms with Crippen LogP contribution in [0.3, 0.4) is 0 Å². The van der Waals surface area contributed by atoms with Crippen LogP contribution in [0.1, 0.15) is 54.6 Å². The fraction of sp³-hybridized carbons (Fsp3) is 0.409. The highest BCUT2D eigenvalue weighted by Gasteiger charge is 2.17. The monoisotopic (exact) mass is 377 g/mol. The van der Waals surface area contributed by atoms with Crippen LogP contribution < -0.4 is 10.6 Å². The van der Waals surface area contributed by atoms with Crippen molar-refractivity contribution in [2.75, 3.05) is 11.9 Å². The second kappa shape index (κ2) is 8.87. The molecule has 0 spiro atoms. The summed E-state index contributed by atoms with van der Waals surface area (Å²) >= 11 is 0. The summed E-state index contributed by atoms with van der Waals surface area (Å²) in [5, 5.41) is 7.62. The van der Waals surface area contributed by atoms with Crippen molar-refractivity contribution in [2.45, 2.75) is 51.0 Å². The van der Waals surface area contributed by atoms with Gasteiger partial charge in [-0.15, -0.1) is 0 Å². The highest BCUT2D eigenvalue weighted by atomic mass is 16.1. The van der Waals surface area contributed by atoms with E-state index in [-0.39, 0.29) is 11.9 Å². The summed E-state index contributed by atoms with van der Waals surface area (Å²) < 4.78 is 0. The number of benzene rings is 1. The molecule has 6 nitrogen and oxygen atoms in total. The van der Waals surface area contributed by atoms with E-state index in [1.54, 1.807) is 12.3 Å². The Morgan fingerprint density at radius 3 is 2.79 bits per heavy atom. The smallest absolute Gasteiger partial charge is 0.270 e. The number of carbonyl (C=O) groups is 1. The third-order valence-electron chi connectivity index (χ3n) is 5.43. The molecule has 3 aromatic rings. The number of H-pyrrole nitrogens is 1. The van der Waals surface area contributed by atoms with E-state index in [0.29, 0.717) is 18.2 Å². The molecule has 1 amide bonds. The van der Waals surface area contributed by atoms with Gasteiger partial charge in [-0.25, -0.2) is 9.97 Å². The molecule has 4 rings (SSSR count). The van der Waals surface area contributed by atoms with E-state index in [9.17, 15) is 4.79 Å². The second-order valence-corrected chi connectivity index (χ2v) is 7.46. The minimum absolute atomic E-state index is 0.103. The van der Waals surface area contributed by atoms with Crippen molar-refractivity contribution in [3.8, 4) is 0 Å². The number of fused-ring (bicyclic) bond motifs is 1. The lowest BCUT2D eigenvalue weighted by atomic mass is 10.1. The van der Waals surface area contributed by atoms with Crippen LogP contribution in [0.5, 0.6) is 0 Å². The molecule has 0 atom stereocenters. The van der Waals surface area contributed by atoms with Crippen LogP contribution in [0.4, 0.5) is 5.95 Å². The SMILES string of the molecule is O=C(NC1CCCCCC1)c1ccnc(NCCc2c[nH]c3ccccc23)n1. The van der Waals surface area contributed by atoms with Crippen molar-refractivity contribution < 1.29 is 4.79 Å². The van der Waals surface area contributed by atoms with Crippen molar-refractivity contribution in [3.63, 3.8) is 0 Å². The zero-order chi connectivity index (χ0) is 19.2. The molecule has 3 N–H and O–H groups in total. The van der Waals surface area contributed by atoms with Gasteiger partial charge in [-0.2, -0.15) is 0 Å². The lowest BCUT2D eigenvalue weighted by molar-refractivity contribution is 0.0928. The third-order valence-corrected chi connectivity index (χ3v) is 5.43. The zero-order valence-corrected chi connectivity index (χ0v) is 16.1. The van der Waals surface area contributed by atoms with Crippen LogP contribution in [0.2, 0.25) is 0 Å². The van der Waals surface area contributed by atoms with E-state index in [2.05, 4.69) is 37.7 Å². The maximum Gasteiger partial charge on any atom is 0.270 e. The molecular formula is C22H27N5O. The average Bonchev–Trinajstić information content (AvgIpc) is 2.95. The van der Waals surface area contributed by atoms with Crippen molar-refractivity contribution in [3.05, 3.63) is 54.0 Å². The molecule has 1 aromatic carbocycles. The van der Waals surface area contributed by atoms with Gasteiger partial charge in [0.1, 0.15) is 5.69 Å². The normalized spacial score (nSPS) is 15.3. The van der Waals surface area contributed by atoms with E-state index in [1.165, 1.54) is 36.6 Å². The predicted molar refractivity (Wildman–Crippen MR) is 111 cm³/mol. The molecule has 2 heterocycles. The number of rotatable bonds is 6. The zero-order valence-electron chi connectivity index (χ0n) is 16.1. The molecule has 0 unspecified atom stereocenters. The molecule has 1 saturated carbocycles. The number of nitrogens with one attached hydrogen (secondary N) is 3. The van der Waals surface area contributed by atoms with Gasteiger partial charge in [0.25, 0.3) is 5.91 Å². The largest absolute Gasteiger partial charge is 0.361 e. The van der Waals surface area contributed by atoms with Gasteiger partial charge in [0.15, 0.2) is 0 Å². The molecule has 1 fully saturated rings. The summed E-state index contributed by atoms with van der Waals surface area (Å²) in [6.07, 6.45) is 11.6. The Balaban J connectivity index is 1.33. The van der Waals surface area contributed by atoms with Crippen LogP contribution in [0, 0.1) is 0 Å². The maximum atomic E-state index is 12.6. The number of anilines is 1. The predicted octanol–water partition coefficient (Wildman–Crippen LogP) is 4.07. The summed E-state index contributed by atoms with van der Waals surface area (Å²) in [4.78, 5) is 24.5. The van der Waals surface area contributed by atoms with Gasteiger partial charge in [0.05, 0.1) is 0 Å². The first kappa shape index (κ1) is 18.5. The summed E-state index contributed by atoms with van der Waals surface area (Å²) in [6.45, 7) is 0.704. The van der Waals surface area contributed by atoms with Crippen molar-refractivity contribution in [2.24, 2.45) is 0 Å². The first-order valence-corrected chi connectivity index (χ1v) is 10.2. The molecule has 6 heteroatoms. The summed E-state index contributed by atoms with van der Waals surface area (Å²) in [5.41, 5.74) is 2.82. The molecule has 146 valence electrons. The van der Waals surface area contributed by atoms with E-state index < -0.39 is 0 Å².